The van der Waals surface area contributed by atoms with Crippen molar-refractivity contribution in [2.45, 2.75) is 112 Å². The van der Waals surface area contributed by atoms with Gasteiger partial charge in [0.25, 0.3) is 0 Å². The van der Waals surface area contributed by atoms with E-state index in [1.165, 1.54) is 12.0 Å². The lowest BCUT2D eigenvalue weighted by atomic mass is 9.32. The van der Waals surface area contributed by atoms with Crippen LogP contribution in [0.4, 0.5) is 0 Å². The third-order valence-corrected chi connectivity index (χ3v) is 14.8. The second-order valence-electron chi connectivity index (χ2n) is 16.1. The van der Waals surface area contributed by atoms with E-state index >= 15 is 0 Å². The van der Waals surface area contributed by atoms with E-state index in [0.717, 1.165) is 63.4 Å². The Balaban J connectivity index is 1.34. The fourth-order valence-corrected chi connectivity index (χ4v) is 12.4. The van der Waals surface area contributed by atoms with E-state index in [1.54, 1.807) is 0 Å². The van der Waals surface area contributed by atoms with Gasteiger partial charge < -0.3 is 14.9 Å². The maximum Gasteiger partial charge on any atom is 0.312 e. The van der Waals surface area contributed by atoms with Gasteiger partial charge in [-0.3, -0.25) is 4.79 Å². The molecule has 11 unspecified atom stereocenters. The highest BCUT2D eigenvalue weighted by molar-refractivity contribution is 5.78. The lowest BCUT2D eigenvalue weighted by Gasteiger charge is -2.72. The van der Waals surface area contributed by atoms with Crippen LogP contribution in [0.5, 0.6) is 0 Å². The van der Waals surface area contributed by atoms with Crippen LogP contribution in [0.1, 0.15) is 104 Å². The molecule has 1 aromatic carbocycles. The third-order valence-electron chi connectivity index (χ3n) is 14.8. The number of esters is 1. The number of carbonyl (C=O) groups excluding carboxylic acids is 1. The molecule has 2 N–H and O–H groups in total. The standard InChI is InChI=1S/C37H54O4/c1-24(2)26-14-19-37(32(40)41-22-25-10-8-7-9-11-25)21-20-35(5)27(31(26)37)12-13-29-33(3)17-16-30(39)34(4,23-38)28(33)15-18-36(29,35)6/h7-11,26-31,38-39H,1,12-23H2,2-6H3. The second kappa shape index (κ2) is 9.94. The normalized spacial score (nSPS) is 48.8. The van der Waals surface area contributed by atoms with Crippen LogP contribution in [-0.4, -0.2) is 28.9 Å². The van der Waals surface area contributed by atoms with Crippen molar-refractivity contribution < 1.29 is 19.7 Å². The fraction of sp³-hybridized carbons (Fsp3) is 0.757. The van der Waals surface area contributed by atoms with Gasteiger partial charge in [0.05, 0.1) is 18.1 Å². The van der Waals surface area contributed by atoms with Crippen molar-refractivity contribution in [3.63, 3.8) is 0 Å². The average Bonchev–Trinajstić information content (AvgIpc) is 3.36. The number of fused-ring (bicyclic) bond motifs is 7. The van der Waals surface area contributed by atoms with Gasteiger partial charge in [0.1, 0.15) is 6.61 Å². The SMILES string of the molecule is C=C(C)C1CCC2(C(=O)OCc3ccccc3)CCC3(C)C(CCC4C5(C)CCC(O)C(C)(CO)C5CCC43C)C12. The van der Waals surface area contributed by atoms with Crippen molar-refractivity contribution in [2.75, 3.05) is 6.61 Å². The molecular formula is C37H54O4. The zero-order chi connectivity index (χ0) is 29.4. The molecule has 5 saturated carbocycles. The van der Waals surface area contributed by atoms with Gasteiger partial charge in [-0.2, -0.15) is 0 Å². The molecule has 0 spiro atoms. The lowest BCUT2D eigenvalue weighted by molar-refractivity contribution is -0.254. The molecule has 1 aromatic rings. The molecule has 6 rings (SSSR count). The predicted octanol–water partition coefficient (Wildman–Crippen LogP) is 7.72. The van der Waals surface area contributed by atoms with Gasteiger partial charge in [0.2, 0.25) is 0 Å². The molecule has 41 heavy (non-hydrogen) atoms. The van der Waals surface area contributed by atoms with Gasteiger partial charge >= 0.3 is 5.97 Å². The summed E-state index contributed by atoms with van der Waals surface area (Å²) in [4.78, 5) is 14.2. The number of aliphatic hydroxyl groups is 2. The molecule has 0 aromatic heterocycles. The Hall–Kier alpha value is -1.65. The zero-order valence-electron chi connectivity index (χ0n) is 26.3. The highest BCUT2D eigenvalue weighted by atomic mass is 16.5. The quantitative estimate of drug-likeness (QED) is 0.285. The van der Waals surface area contributed by atoms with Crippen LogP contribution in [0.3, 0.4) is 0 Å². The monoisotopic (exact) mass is 562 g/mol. The first-order valence-electron chi connectivity index (χ1n) is 16.5. The van der Waals surface area contributed by atoms with Crippen molar-refractivity contribution in [1.82, 2.24) is 0 Å². The fourth-order valence-electron chi connectivity index (χ4n) is 12.4. The molecule has 5 aliphatic carbocycles. The maximum absolute atomic E-state index is 14.2. The molecular weight excluding hydrogens is 508 g/mol. The molecule has 5 aliphatic rings. The Morgan fingerprint density at radius 3 is 2.32 bits per heavy atom. The molecule has 0 saturated heterocycles. The largest absolute Gasteiger partial charge is 0.460 e. The Morgan fingerprint density at radius 2 is 1.63 bits per heavy atom. The van der Waals surface area contributed by atoms with Crippen LogP contribution in [0.2, 0.25) is 0 Å². The van der Waals surface area contributed by atoms with E-state index in [0.29, 0.717) is 36.2 Å². The highest BCUT2D eigenvalue weighted by Gasteiger charge is 2.72. The van der Waals surface area contributed by atoms with Crippen molar-refractivity contribution in [3.05, 3.63) is 48.0 Å². The number of aliphatic hydroxyl groups excluding tert-OH is 2. The van der Waals surface area contributed by atoms with Crippen molar-refractivity contribution in [1.29, 1.82) is 0 Å². The maximum atomic E-state index is 14.2. The summed E-state index contributed by atoms with van der Waals surface area (Å²) < 4.78 is 6.16. The summed E-state index contributed by atoms with van der Waals surface area (Å²) in [6.45, 7) is 16.9. The molecule has 5 fully saturated rings. The third kappa shape index (κ3) is 3.94. The van der Waals surface area contributed by atoms with Crippen LogP contribution >= 0.6 is 0 Å². The first-order valence-corrected chi connectivity index (χ1v) is 16.5. The number of allylic oxidation sites excluding steroid dienone is 1. The summed E-state index contributed by atoms with van der Waals surface area (Å²) >= 11 is 0. The summed E-state index contributed by atoms with van der Waals surface area (Å²) in [6, 6.07) is 10.1. The van der Waals surface area contributed by atoms with Crippen LogP contribution in [0.15, 0.2) is 42.5 Å². The first-order chi connectivity index (χ1) is 19.4. The highest BCUT2D eigenvalue weighted by Crippen LogP contribution is 2.77. The van der Waals surface area contributed by atoms with E-state index in [-0.39, 0.29) is 28.8 Å². The molecule has 0 radical (unpaired) electrons. The molecule has 11 atom stereocenters. The van der Waals surface area contributed by atoms with Crippen LogP contribution in [0, 0.1) is 56.7 Å². The van der Waals surface area contributed by atoms with Gasteiger partial charge in [-0.1, -0.05) is 70.2 Å². The molecule has 226 valence electrons. The van der Waals surface area contributed by atoms with E-state index in [2.05, 4.69) is 41.2 Å². The van der Waals surface area contributed by atoms with Gasteiger partial charge in [-0.05, 0) is 123 Å². The van der Waals surface area contributed by atoms with E-state index < -0.39 is 16.9 Å². The average molecular weight is 563 g/mol. The molecule has 4 heteroatoms. The van der Waals surface area contributed by atoms with Crippen molar-refractivity contribution >= 4 is 5.97 Å². The lowest BCUT2D eigenvalue weighted by Crippen LogP contribution is -2.67. The predicted molar refractivity (Wildman–Crippen MR) is 163 cm³/mol. The summed E-state index contributed by atoms with van der Waals surface area (Å²) in [5.74, 6) is 2.08. The molecule has 0 bridgehead atoms. The summed E-state index contributed by atoms with van der Waals surface area (Å²) in [5, 5.41) is 21.6. The Kier molecular flexibility index (Phi) is 7.14. The van der Waals surface area contributed by atoms with E-state index in [1.807, 2.05) is 30.3 Å². The number of rotatable bonds is 5. The summed E-state index contributed by atoms with van der Waals surface area (Å²) in [7, 11) is 0. The zero-order valence-corrected chi connectivity index (χ0v) is 26.3. The number of benzene rings is 1. The topological polar surface area (TPSA) is 66.8 Å². The minimum absolute atomic E-state index is 0.0279. The van der Waals surface area contributed by atoms with E-state index in [4.69, 9.17) is 4.74 Å². The summed E-state index contributed by atoms with van der Waals surface area (Å²) in [5.41, 5.74) is 1.88. The number of hydrogen-bond acceptors (Lipinski definition) is 4. The molecule has 4 nitrogen and oxygen atoms in total. The van der Waals surface area contributed by atoms with Gasteiger partial charge in [-0.25, -0.2) is 0 Å². The minimum atomic E-state index is -0.424. The number of carbonyl (C=O) groups is 1. The van der Waals surface area contributed by atoms with Crippen molar-refractivity contribution in [2.24, 2.45) is 56.7 Å². The molecule has 0 amide bonds. The Morgan fingerprint density at radius 1 is 0.902 bits per heavy atom. The van der Waals surface area contributed by atoms with Crippen molar-refractivity contribution in [3.8, 4) is 0 Å². The van der Waals surface area contributed by atoms with Gasteiger partial charge in [-0.15, -0.1) is 0 Å². The Labute approximate surface area is 248 Å². The van der Waals surface area contributed by atoms with Crippen LogP contribution in [-0.2, 0) is 16.1 Å². The van der Waals surface area contributed by atoms with Crippen LogP contribution < -0.4 is 0 Å². The summed E-state index contributed by atoms with van der Waals surface area (Å²) in [6.07, 6.45) is 9.90. The smallest absolute Gasteiger partial charge is 0.312 e. The number of hydrogen-bond donors (Lipinski definition) is 2. The Bertz CT molecular complexity index is 1180. The minimum Gasteiger partial charge on any atom is -0.460 e. The van der Waals surface area contributed by atoms with E-state index in [9.17, 15) is 15.0 Å². The molecule has 0 aliphatic heterocycles. The van der Waals surface area contributed by atoms with Gasteiger partial charge in [0.15, 0.2) is 0 Å². The first kappa shape index (κ1) is 29.4. The van der Waals surface area contributed by atoms with Gasteiger partial charge in [0, 0.05) is 5.41 Å². The van der Waals surface area contributed by atoms with Crippen LogP contribution in [0.25, 0.3) is 0 Å². The molecule has 0 heterocycles. The second-order valence-corrected chi connectivity index (χ2v) is 16.1. The number of ether oxygens (including phenoxy) is 1.